The molecule has 5 rings (SSSR count). The molecule has 6 nitrogen and oxygen atoms in total. The van der Waals surface area contributed by atoms with Gasteiger partial charge in [0.25, 0.3) is 0 Å². The fraction of sp³-hybridized carbons (Fsp3) is 0.269. The maximum absolute atomic E-state index is 4.65. The first-order valence-corrected chi connectivity index (χ1v) is 11.2. The van der Waals surface area contributed by atoms with Crippen LogP contribution in [-0.4, -0.2) is 38.2 Å². The van der Waals surface area contributed by atoms with E-state index in [2.05, 4.69) is 60.9 Å². The molecule has 0 aromatic carbocycles. The normalized spacial score (nSPS) is 15.6. The van der Waals surface area contributed by atoms with Crippen molar-refractivity contribution in [3.05, 3.63) is 66.8 Å². The van der Waals surface area contributed by atoms with Gasteiger partial charge in [-0.2, -0.15) is 5.10 Å². The zero-order chi connectivity index (χ0) is 22.1. The summed E-state index contributed by atoms with van der Waals surface area (Å²) in [6.45, 7) is 10.1. The van der Waals surface area contributed by atoms with Crippen molar-refractivity contribution in [2.24, 2.45) is 0 Å². The van der Waals surface area contributed by atoms with Crippen LogP contribution in [0.2, 0.25) is 0 Å². The van der Waals surface area contributed by atoms with Crippen LogP contribution >= 0.6 is 0 Å². The van der Waals surface area contributed by atoms with Gasteiger partial charge in [0, 0.05) is 23.9 Å². The zero-order valence-corrected chi connectivity index (χ0v) is 18.7. The van der Waals surface area contributed by atoms with Crippen LogP contribution in [0.1, 0.15) is 38.8 Å². The monoisotopic (exact) mass is 424 g/mol. The van der Waals surface area contributed by atoms with Crippen LogP contribution < -0.4 is 4.90 Å². The van der Waals surface area contributed by atoms with E-state index in [1.165, 1.54) is 30.3 Å². The average molecular weight is 425 g/mol. The number of H-pyrrole nitrogens is 2. The fourth-order valence-corrected chi connectivity index (χ4v) is 4.44. The predicted molar refractivity (Wildman–Crippen MR) is 133 cm³/mol. The van der Waals surface area contributed by atoms with Gasteiger partial charge in [0.15, 0.2) is 0 Å². The van der Waals surface area contributed by atoms with Crippen LogP contribution in [0, 0.1) is 0 Å². The van der Waals surface area contributed by atoms with Gasteiger partial charge in [0.1, 0.15) is 5.69 Å². The molecule has 0 amide bonds. The number of piperidine rings is 1. The smallest absolute Gasteiger partial charge is 0.116 e. The maximum Gasteiger partial charge on any atom is 0.116 e. The number of aromatic nitrogens is 5. The summed E-state index contributed by atoms with van der Waals surface area (Å²) in [5, 5.41) is 10.00. The largest absolute Gasteiger partial charge is 0.370 e. The molecule has 5 heterocycles. The average Bonchev–Trinajstić information content (AvgIpc) is 3.46. The van der Waals surface area contributed by atoms with Crippen molar-refractivity contribution in [3.63, 3.8) is 0 Å². The van der Waals surface area contributed by atoms with Crippen LogP contribution in [0.25, 0.3) is 38.8 Å². The fourth-order valence-electron chi connectivity index (χ4n) is 4.44. The van der Waals surface area contributed by atoms with Crippen molar-refractivity contribution in [2.45, 2.75) is 33.1 Å². The number of rotatable bonds is 5. The summed E-state index contributed by atoms with van der Waals surface area (Å²) in [7, 11) is 0. The van der Waals surface area contributed by atoms with Crippen LogP contribution in [0.5, 0.6) is 0 Å². The second kappa shape index (κ2) is 8.46. The van der Waals surface area contributed by atoms with Crippen LogP contribution in [0.15, 0.2) is 61.1 Å². The number of aromatic amines is 2. The third-order valence-electron chi connectivity index (χ3n) is 6.24. The minimum atomic E-state index is 0.893. The second-order valence-electron chi connectivity index (χ2n) is 8.37. The topological polar surface area (TPSA) is 73.5 Å². The molecule has 0 spiro atoms. The number of allylic oxidation sites excluding steroid dienone is 5. The molecule has 4 aromatic heterocycles. The quantitative estimate of drug-likeness (QED) is 0.384. The zero-order valence-electron chi connectivity index (χ0n) is 18.7. The highest BCUT2D eigenvalue weighted by Gasteiger charge is 2.18. The third kappa shape index (κ3) is 3.62. The Labute approximate surface area is 187 Å². The molecule has 1 aliphatic rings. The molecule has 0 bridgehead atoms. The molecule has 4 aromatic rings. The van der Waals surface area contributed by atoms with E-state index in [0.29, 0.717) is 0 Å². The summed E-state index contributed by atoms with van der Waals surface area (Å²) in [6.07, 6.45) is 15.5. The molecule has 0 atom stereocenters. The summed E-state index contributed by atoms with van der Waals surface area (Å²) < 4.78 is 0. The van der Waals surface area contributed by atoms with E-state index in [0.717, 1.165) is 57.7 Å². The van der Waals surface area contributed by atoms with Gasteiger partial charge in [-0.05, 0) is 50.8 Å². The number of hydrogen-bond donors (Lipinski definition) is 2. The molecule has 6 heteroatoms. The van der Waals surface area contributed by atoms with Crippen LogP contribution in [0.4, 0.5) is 5.69 Å². The van der Waals surface area contributed by atoms with Gasteiger partial charge in [0.05, 0.1) is 46.7 Å². The van der Waals surface area contributed by atoms with Crippen molar-refractivity contribution in [1.29, 1.82) is 0 Å². The lowest BCUT2D eigenvalue weighted by Crippen LogP contribution is -2.29. The third-order valence-corrected chi connectivity index (χ3v) is 6.24. The number of anilines is 1. The highest BCUT2D eigenvalue weighted by Crippen LogP contribution is 2.34. The summed E-state index contributed by atoms with van der Waals surface area (Å²) in [6, 6.07) is 4.31. The van der Waals surface area contributed by atoms with E-state index >= 15 is 0 Å². The molecular formula is C26H28N6. The lowest BCUT2D eigenvalue weighted by molar-refractivity contribution is 0.578. The van der Waals surface area contributed by atoms with E-state index in [-0.39, 0.29) is 0 Å². The van der Waals surface area contributed by atoms with E-state index in [4.69, 9.17) is 0 Å². The summed E-state index contributed by atoms with van der Waals surface area (Å²) in [5.41, 5.74) is 8.09. The predicted octanol–water partition coefficient (Wildman–Crippen LogP) is 6.03. The Kier molecular flexibility index (Phi) is 5.35. The second-order valence-corrected chi connectivity index (χ2v) is 8.37. The van der Waals surface area contributed by atoms with Gasteiger partial charge in [-0.3, -0.25) is 15.1 Å². The summed E-state index contributed by atoms with van der Waals surface area (Å²) >= 11 is 0. The van der Waals surface area contributed by atoms with Crippen molar-refractivity contribution in [2.75, 3.05) is 18.0 Å². The van der Waals surface area contributed by atoms with Gasteiger partial charge in [-0.15, -0.1) is 0 Å². The van der Waals surface area contributed by atoms with Gasteiger partial charge in [-0.25, -0.2) is 0 Å². The Balaban J connectivity index is 1.59. The molecule has 1 fully saturated rings. The maximum atomic E-state index is 4.65. The number of nitrogens with zero attached hydrogens (tertiary/aromatic N) is 4. The van der Waals surface area contributed by atoms with E-state index < -0.39 is 0 Å². The van der Waals surface area contributed by atoms with Crippen molar-refractivity contribution in [3.8, 4) is 11.4 Å². The number of pyridine rings is 2. The number of nitrogens with one attached hydrogen (secondary N) is 2. The Morgan fingerprint density at radius 2 is 1.91 bits per heavy atom. The van der Waals surface area contributed by atoms with Gasteiger partial charge < -0.3 is 9.88 Å². The molecule has 2 N–H and O–H groups in total. The van der Waals surface area contributed by atoms with Crippen molar-refractivity contribution < 1.29 is 0 Å². The highest BCUT2D eigenvalue weighted by molar-refractivity contribution is 6.00. The number of fused-ring (bicyclic) bond motifs is 2. The van der Waals surface area contributed by atoms with E-state index in [1.807, 2.05) is 38.5 Å². The van der Waals surface area contributed by atoms with Crippen molar-refractivity contribution >= 4 is 33.1 Å². The SMILES string of the molecule is C=C/C(C)=C\C(=C/C)c1cc2c(-c3cc4c(N5CCCCC5)cncc4[nH]3)n[nH]c2cn1. The standard InChI is InChI=1S/C26H28N6/c1-4-17(3)11-18(5-2)21-13-20-24(15-28-21)30-31-26(20)22-12-19-23(29-22)14-27-16-25(19)32-9-7-6-8-10-32/h4-5,11-16,29H,1,6-10H2,2-3H3,(H,30,31)/b17-11-,18-5+. The molecule has 0 aliphatic carbocycles. The first-order chi connectivity index (χ1) is 15.7. The van der Waals surface area contributed by atoms with E-state index in [1.54, 1.807) is 0 Å². The molecule has 1 saturated heterocycles. The first kappa shape index (κ1) is 20.2. The lowest BCUT2D eigenvalue weighted by atomic mass is 10.1. The minimum Gasteiger partial charge on any atom is -0.370 e. The molecule has 1 aliphatic heterocycles. The molecule has 32 heavy (non-hydrogen) atoms. The number of hydrogen-bond acceptors (Lipinski definition) is 4. The van der Waals surface area contributed by atoms with Gasteiger partial charge >= 0.3 is 0 Å². The molecule has 0 radical (unpaired) electrons. The van der Waals surface area contributed by atoms with E-state index in [9.17, 15) is 0 Å². The Hall–Kier alpha value is -3.67. The van der Waals surface area contributed by atoms with Crippen LogP contribution in [-0.2, 0) is 0 Å². The Morgan fingerprint density at radius 3 is 2.69 bits per heavy atom. The van der Waals surface area contributed by atoms with Crippen molar-refractivity contribution in [1.82, 2.24) is 25.1 Å². The highest BCUT2D eigenvalue weighted by atomic mass is 15.1. The first-order valence-electron chi connectivity index (χ1n) is 11.2. The molecular weight excluding hydrogens is 396 g/mol. The summed E-state index contributed by atoms with van der Waals surface area (Å²) in [4.78, 5) is 15.1. The lowest BCUT2D eigenvalue weighted by Gasteiger charge is -2.28. The minimum absolute atomic E-state index is 0.893. The molecule has 0 unspecified atom stereocenters. The molecule has 162 valence electrons. The van der Waals surface area contributed by atoms with Gasteiger partial charge in [0.2, 0.25) is 0 Å². The Bertz CT molecular complexity index is 1350. The molecule has 0 saturated carbocycles. The Morgan fingerprint density at radius 1 is 1.06 bits per heavy atom. The summed E-state index contributed by atoms with van der Waals surface area (Å²) in [5.74, 6) is 0. The van der Waals surface area contributed by atoms with Gasteiger partial charge in [-0.1, -0.05) is 30.4 Å². The van der Waals surface area contributed by atoms with Crippen LogP contribution in [0.3, 0.4) is 0 Å².